The maximum atomic E-state index is 13.0. The smallest absolute Gasteiger partial charge is 0.272 e. The van der Waals surface area contributed by atoms with E-state index in [1.165, 1.54) is 11.3 Å². The van der Waals surface area contributed by atoms with Gasteiger partial charge in [0.1, 0.15) is 5.69 Å². The number of aromatic nitrogens is 2. The van der Waals surface area contributed by atoms with Gasteiger partial charge in [-0.05, 0) is 36.8 Å². The van der Waals surface area contributed by atoms with Gasteiger partial charge in [-0.15, -0.1) is 0 Å². The molecule has 3 heterocycles. The van der Waals surface area contributed by atoms with Crippen LogP contribution in [-0.2, 0) is 6.54 Å². The molecule has 7 heteroatoms. The fourth-order valence-electron chi connectivity index (χ4n) is 3.19. The van der Waals surface area contributed by atoms with Crippen molar-refractivity contribution >= 4 is 23.2 Å². The van der Waals surface area contributed by atoms with Gasteiger partial charge in [0, 0.05) is 38.1 Å². The molecule has 0 aliphatic carbocycles. The van der Waals surface area contributed by atoms with Gasteiger partial charge in [0.25, 0.3) is 11.8 Å². The summed E-state index contributed by atoms with van der Waals surface area (Å²) in [5.74, 6) is 0.356. The van der Waals surface area contributed by atoms with Crippen LogP contribution in [0.25, 0.3) is 0 Å². The van der Waals surface area contributed by atoms with Crippen molar-refractivity contribution in [3.8, 4) is 0 Å². The Kier molecular flexibility index (Phi) is 5.76. The molecule has 0 unspecified atom stereocenters. The molecule has 1 aliphatic rings. The molecule has 1 saturated heterocycles. The molecule has 0 saturated carbocycles. The lowest BCUT2D eigenvalue weighted by atomic mass is 10.1. The Balaban J connectivity index is 1.71. The van der Waals surface area contributed by atoms with Crippen molar-refractivity contribution in [1.29, 1.82) is 0 Å². The molecule has 0 spiro atoms. The van der Waals surface area contributed by atoms with Gasteiger partial charge < -0.3 is 9.80 Å². The molecule has 2 aromatic rings. The number of nitrogens with zero attached hydrogens (tertiary/aromatic N) is 4. The first-order valence-corrected chi connectivity index (χ1v) is 10.1. The molecule has 0 atom stereocenters. The normalized spacial score (nSPS) is 15.4. The lowest BCUT2D eigenvalue weighted by Gasteiger charge is -2.22. The molecular weight excluding hydrogens is 348 g/mol. The molecule has 26 heavy (non-hydrogen) atoms. The Morgan fingerprint density at radius 1 is 1.15 bits per heavy atom. The van der Waals surface area contributed by atoms with Crippen LogP contribution in [0.2, 0.25) is 0 Å². The Labute approximate surface area is 158 Å². The molecule has 6 nitrogen and oxygen atoms in total. The van der Waals surface area contributed by atoms with Crippen LogP contribution < -0.4 is 0 Å². The highest BCUT2D eigenvalue weighted by molar-refractivity contribution is 7.08. The second kappa shape index (κ2) is 8.03. The van der Waals surface area contributed by atoms with Gasteiger partial charge in [-0.2, -0.15) is 16.4 Å². The average Bonchev–Trinajstić information content (AvgIpc) is 3.25. The van der Waals surface area contributed by atoms with Crippen LogP contribution in [-0.4, -0.2) is 57.6 Å². The fourth-order valence-corrected chi connectivity index (χ4v) is 3.82. The van der Waals surface area contributed by atoms with Gasteiger partial charge in [-0.25, -0.2) is 0 Å². The number of thiophene rings is 1. The Hall–Kier alpha value is -2.15. The number of rotatable bonds is 4. The maximum absolute atomic E-state index is 13.0. The zero-order chi connectivity index (χ0) is 18.7. The van der Waals surface area contributed by atoms with E-state index in [9.17, 15) is 9.59 Å². The van der Waals surface area contributed by atoms with Crippen LogP contribution >= 0.6 is 11.3 Å². The number of hydrogen-bond donors (Lipinski definition) is 0. The van der Waals surface area contributed by atoms with E-state index in [1.807, 2.05) is 39.6 Å². The standard InChI is InChI=1S/C19H26N4O2S/c1-4-23-17(12-16(20-23)14(2)3)19(25)22-8-5-7-21(9-10-22)18(24)15-6-11-26-13-15/h6,11-14H,4-5,7-10H2,1-3H3. The third-order valence-corrected chi connectivity index (χ3v) is 5.43. The van der Waals surface area contributed by atoms with Crippen LogP contribution in [0.5, 0.6) is 0 Å². The summed E-state index contributed by atoms with van der Waals surface area (Å²) >= 11 is 1.53. The predicted molar refractivity (Wildman–Crippen MR) is 103 cm³/mol. The highest BCUT2D eigenvalue weighted by Crippen LogP contribution is 2.18. The van der Waals surface area contributed by atoms with E-state index in [2.05, 4.69) is 18.9 Å². The molecule has 0 bridgehead atoms. The molecular formula is C19H26N4O2S. The van der Waals surface area contributed by atoms with E-state index < -0.39 is 0 Å². The fraction of sp³-hybridized carbons (Fsp3) is 0.526. The SMILES string of the molecule is CCn1nc(C(C)C)cc1C(=O)N1CCCN(C(=O)c2ccsc2)CC1. The molecule has 0 radical (unpaired) electrons. The first-order valence-electron chi connectivity index (χ1n) is 9.19. The minimum absolute atomic E-state index is 0.0103. The van der Waals surface area contributed by atoms with Gasteiger partial charge >= 0.3 is 0 Å². The predicted octanol–water partition coefficient (Wildman–Crippen LogP) is 3.08. The van der Waals surface area contributed by atoms with Gasteiger partial charge in [0.05, 0.1) is 11.3 Å². The Bertz CT molecular complexity index is 767. The van der Waals surface area contributed by atoms with Crippen molar-refractivity contribution in [3.05, 3.63) is 39.8 Å². The number of carbonyl (C=O) groups excluding carboxylic acids is 2. The maximum Gasteiger partial charge on any atom is 0.272 e. The van der Waals surface area contributed by atoms with Gasteiger partial charge in [-0.3, -0.25) is 14.3 Å². The van der Waals surface area contributed by atoms with E-state index in [4.69, 9.17) is 0 Å². The summed E-state index contributed by atoms with van der Waals surface area (Å²) in [5, 5.41) is 8.34. The third-order valence-electron chi connectivity index (χ3n) is 4.75. The molecule has 1 fully saturated rings. The lowest BCUT2D eigenvalue weighted by molar-refractivity contribution is 0.0712. The molecule has 2 aromatic heterocycles. The van der Waals surface area contributed by atoms with E-state index in [1.54, 1.807) is 4.68 Å². The monoisotopic (exact) mass is 374 g/mol. The zero-order valence-electron chi connectivity index (χ0n) is 15.6. The van der Waals surface area contributed by atoms with Crippen molar-refractivity contribution in [2.75, 3.05) is 26.2 Å². The van der Waals surface area contributed by atoms with Crippen molar-refractivity contribution in [2.45, 2.75) is 39.7 Å². The first kappa shape index (κ1) is 18.6. The average molecular weight is 375 g/mol. The van der Waals surface area contributed by atoms with Gasteiger partial charge in [-0.1, -0.05) is 13.8 Å². The van der Waals surface area contributed by atoms with Crippen LogP contribution in [0.3, 0.4) is 0 Å². The number of amides is 2. The van der Waals surface area contributed by atoms with Crippen molar-refractivity contribution < 1.29 is 9.59 Å². The van der Waals surface area contributed by atoms with Crippen molar-refractivity contribution in [2.24, 2.45) is 0 Å². The molecule has 0 N–H and O–H groups in total. The first-order chi connectivity index (χ1) is 12.5. The second-order valence-corrected chi connectivity index (χ2v) is 7.65. The molecule has 2 amide bonds. The number of hydrogen-bond acceptors (Lipinski definition) is 4. The Morgan fingerprint density at radius 2 is 1.85 bits per heavy atom. The van der Waals surface area contributed by atoms with Crippen molar-refractivity contribution in [3.63, 3.8) is 0 Å². The number of carbonyl (C=O) groups is 2. The number of aryl methyl sites for hydroxylation is 1. The van der Waals surface area contributed by atoms with Crippen LogP contribution in [0, 0.1) is 0 Å². The van der Waals surface area contributed by atoms with E-state index in [-0.39, 0.29) is 17.7 Å². The molecule has 3 rings (SSSR count). The summed E-state index contributed by atoms with van der Waals surface area (Å²) in [6.45, 7) is 9.30. The van der Waals surface area contributed by atoms with Gasteiger partial charge in [0.2, 0.25) is 0 Å². The summed E-state index contributed by atoms with van der Waals surface area (Å²) < 4.78 is 1.79. The zero-order valence-corrected chi connectivity index (χ0v) is 16.5. The lowest BCUT2D eigenvalue weighted by Crippen LogP contribution is -2.38. The minimum Gasteiger partial charge on any atom is -0.337 e. The molecule has 0 aromatic carbocycles. The van der Waals surface area contributed by atoms with E-state index in [0.717, 1.165) is 17.7 Å². The van der Waals surface area contributed by atoms with Crippen LogP contribution in [0.4, 0.5) is 0 Å². The van der Waals surface area contributed by atoms with E-state index in [0.29, 0.717) is 38.4 Å². The second-order valence-electron chi connectivity index (χ2n) is 6.87. The van der Waals surface area contributed by atoms with Crippen LogP contribution in [0.1, 0.15) is 59.7 Å². The summed E-state index contributed by atoms with van der Waals surface area (Å²) in [7, 11) is 0. The summed E-state index contributed by atoms with van der Waals surface area (Å²) in [6, 6.07) is 3.77. The van der Waals surface area contributed by atoms with Gasteiger partial charge in [0.15, 0.2) is 0 Å². The Morgan fingerprint density at radius 3 is 2.42 bits per heavy atom. The third kappa shape index (κ3) is 3.82. The van der Waals surface area contributed by atoms with E-state index >= 15 is 0 Å². The minimum atomic E-state index is 0.0103. The van der Waals surface area contributed by atoms with Crippen molar-refractivity contribution in [1.82, 2.24) is 19.6 Å². The molecule has 140 valence electrons. The quantitative estimate of drug-likeness (QED) is 0.826. The molecule has 1 aliphatic heterocycles. The highest BCUT2D eigenvalue weighted by Gasteiger charge is 2.26. The summed E-state index contributed by atoms with van der Waals surface area (Å²) in [4.78, 5) is 29.3. The van der Waals surface area contributed by atoms with Crippen LogP contribution in [0.15, 0.2) is 22.9 Å². The summed E-state index contributed by atoms with van der Waals surface area (Å²) in [5.41, 5.74) is 2.33. The topological polar surface area (TPSA) is 58.4 Å². The highest BCUT2D eigenvalue weighted by atomic mass is 32.1. The summed E-state index contributed by atoms with van der Waals surface area (Å²) in [6.07, 6.45) is 0.791. The largest absolute Gasteiger partial charge is 0.337 e.